The van der Waals surface area contributed by atoms with Crippen molar-refractivity contribution in [3.63, 3.8) is 0 Å². The zero-order chi connectivity index (χ0) is 15.2. The third-order valence-electron chi connectivity index (χ3n) is 3.20. The summed E-state index contributed by atoms with van der Waals surface area (Å²) in [5.41, 5.74) is 1.95. The van der Waals surface area contributed by atoms with Crippen LogP contribution in [0, 0.1) is 0 Å². The van der Waals surface area contributed by atoms with Crippen molar-refractivity contribution in [2.45, 2.75) is 32.7 Å². The number of Topliss-reactive ketones (excluding diaryl/α,β-unsaturated/α-hetero) is 1. The van der Waals surface area contributed by atoms with Crippen LogP contribution < -0.4 is 0 Å². The highest BCUT2D eigenvalue weighted by atomic mass is 16.5. The quantitative estimate of drug-likeness (QED) is 0.825. The van der Waals surface area contributed by atoms with Crippen LogP contribution in [-0.4, -0.2) is 17.0 Å². The van der Waals surface area contributed by atoms with Crippen LogP contribution in [-0.2, 0) is 11.3 Å². The lowest BCUT2D eigenvalue weighted by Crippen LogP contribution is -2.21. The number of hydrogen-bond donors (Lipinski definition) is 1. The van der Waals surface area contributed by atoms with Gasteiger partial charge in [0.25, 0.3) is 0 Å². The molecule has 110 valence electrons. The molecule has 0 aliphatic rings. The molecule has 0 heterocycles. The first kappa shape index (κ1) is 15.4. The lowest BCUT2D eigenvalue weighted by molar-refractivity contribution is 0.0112. The Balaban J connectivity index is 2.39. The molecule has 0 spiro atoms. The van der Waals surface area contributed by atoms with Crippen molar-refractivity contribution >= 4 is 5.78 Å². The van der Waals surface area contributed by atoms with Gasteiger partial charge in [-0.2, -0.15) is 0 Å². The zero-order valence-electron chi connectivity index (χ0n) is 12.3. The molecule has 0 fully saturated rings. The summed E-state index contributed by atoms with van der Waals surface area (Å²) < 4.78 is 5.82. The molecule has 2 aromatic rings. The maximum atomic E-state index is 12.8. The molecule has 0 aromatic heterocycles. The van der Waals surface area contributed by atoms with Gasteiger partial charge in [0.05, 0.1) is 12.7 Å². The lowest BCUT2D eigenvalue weighted by Gasteiger charge is -2.21. The highest BCUT2D eigenvalue weighted by Gasteiger charge is 2.25. The van der Waals surface area contributed by atoms with Crippen molar-refractivity contribution in [2.24, 2.45) is 0 Å². The average molecular weight is 284 g/mol. The van der Waals surface area contributed by atoms with E-state index in [0.29, 0.717) is 11.1 Å². The topological polar surface area (TPSA) is 46.5 Å². The van der Waals surface area contributed by atoms with Crippen molar-refractivity contribution in [1.82, 2.24) is 0 Å². The molecule has 0 saturated carbocycles. The standard InChI is InChI=1S/C18H20O3/c1-13(2)21-18(14-8-4-3-5-9-14)17(20)16-11-7-6-10-15(16)12-19/h3-11,13,18-19H,12H2,1-2H3. The normalized spacial score (nSPS) is 12.4. The van der Waals surface area contributed by atoms with Crippen molar-refractivity contribution in [3.8, 4) is 0 Å². The lowest BCUT2D eigenvalue weighted by atomic mass is 9.96. The number of rotatable bonds is 6. The van der Waals surface area contributed by atoms with Crippen LogP contribution in [0.15, 0.2) is 54.6 Å². The highest BCUT2D eigenvalue weighted by Crippen LogP contribution is 2.25. The molecule has 3 heteroatoms. The molecule has 0 bridgehead atoms. The number of carbonyl (C=O) groups is 1. The van der Waals surface area contributed by atoms with E-state index >= 15 is 0 Å². The van der Waals surface area contributed by atoms with E-state index in [4.69, 9.17) is 4.74 Å². The first-order chi connectivity index (χ1) is 10.1. The van der Waals surface area contributed by atoms with E-state index in [-0.39, 0.29) is 18.5 Å². The Morgan fingerprint density at radius 3 is 2.29 bits per heavy atom. The van der Waals surface area contributed by atoms with Crippen LogP contribution >= 0.6 is 0 Å². The fraction of sp³-hybridized carbons (Fsp3) is 0.278. The predicted octanol–water partition coefficient (Wildman–Crippen LogP) is 3.53. The van der Waals surface area contributed by atoms with Crippen molar-refractivity contribution < 1.29 is 14.6 Å². The summed E-state index contributed by atoms with van der Waals surface area (Å²) in [7, 11) is 0. The summed E-state index contributed by atoms with van der Waals surface area (Å²) in [6.07, 6.45) is -0.723. The van der Waals surface area contributed by atoms with Gasteiger partial charge in [-0.05, 0) is 25.0 Å². The van der Waals surface area contributed by atoms with Crippen LogP contribution in [0.25, 0.3) is 0 Å². The predicted molar refractivity (Wildman–Crippen MR) is 82.1 cm³/mol. The number of carbonyl (C=O) groups excluding carboxylic acids is 1. The molecule has 2 rings (SSSR count). The van der Waals surface area contributed by atoms with Crippen molar-refractivity contribution in [1.29, 1.82) is 0 Å². The highest BCUT2D eigenvalue weighted by molar-refractivity contribution is 6.01. The Labute approximate surface area is 125 Å². The van der Waals surface area contributed by atoms with Crippen LogP contribution in [0.1, 0.15) is 41.4 Å². The number of ketones is 1. The van der Waals surface area contributed by atoms with Crippen LogP contribution in [0.4, 0.5) is 0 Å². The molecule has 0 aliphatic heterocycles. The zero-order valence-corrected chi connectivity index (χ0v) is 12.3. The number of ether oxygens (including phenoxy) is 1. The molecule has 1 N–H and O–H groups in total. The second-order valence-corrected chi connectivity index (χ2v) is 5.16. The third-order valence-corrected chi connectivity index (χ3v) is 3.20. The van der Waals surface area contributed by atoms with Gasteiger partial charge in [0.15, 0.2) is 5.78 Å². The Morgan fingerprint density at radius 1 is 1.05 bits per heavy atom. The molecule has 0 saturated heterocycles. The van der Waals surface area contributed by atoms with Gasteiger partial charge in [-0.3, -0.25) is 4.79 Å². The van der Waals surface area contributed by atoms with E-state index in [2.05, 4.69) is 0 Å². The number of aliphatic hydroxyl groups is 1. The summed E-state index contributed by atoms with van der Waals surface area (Å²) >= 11 is 0. The molecular weight excluding hydrogens is 264 g/mol. The molecule has 0 amide bonds. The van der Waals surface area contributed by atoms with Crippen molar-refractivity contribution in [3.05, 3.63) is 71.3 Å². The smallest absolute Gasteiger partial charge is 0.196 e. The first-order valence-electron chi connectivity index (χ1n) is 7.07. The minimum absolute atomic E-state index is 0.0690. The first-order valence-corrected chi connectivity index (χ1v) is 7.07. The Morgan fingerprint density at radius 2 is 1.67 bits per heavy atom. The third kappa shape index (κ3) is 3.78. The summed E-state index contributed by atoms with van der Waals surface area (Å²) in [4.78, 5) is 12.8. The summed E-state index contributed by atoms with van der Waals surface area (Å²) in [6.45, 7) is 3.65. The molecule has 1 unspecified atom stereocenters. The van der Waals surface area contributed by atoms with Gasteiger partial charge < -0.3 is 9.84 Å². The van der Waals surface area contributed by atoms with Gasteiger partial charge in [-0.15, -0.1) is 0 Å². The van der Waals surface area contributed by atoms with Crippen molar-refractivity contribution in [2.75, 3.05) is 0 Å². The molecule has 0 radical (unpaired) electrons. The Bertz CT molecular complexity index is 590. The fourth-order valence-electron chi connectivity index (χ4n) is 2.23. The monoisotopic (exact) mass is 284 g/mol. The molecule has 0 aliphatic carbocycles. The largest absolute Gasteiger partial charge is 0.392 e. The van der Waals surface area contributed by atoms with E-state index in [1.165, 1.54) is 0 Å². The second kappa shape index (κ2) is 7.16. The summed E-state index contributed by atoms with van der Waals surface area (Å²) in [6, 6.07) is 16.5. The van der Waals surface area contributed by atoms with E-state index in [1.54, 1.807) is 18.2 Å². The van der Waals surface area contributed by atoms with Gasteiger partial charge >= 0.3 is 0 Å². The van der Waals surface area contributed by atoms with Crippen LogP contribution in [0.2, 0.25) is 0 Å². The summed E-state index contributed by atoms with van der Waals surface area (Å²) in [5.74, 6) is -0.125. The number of benzene rings is 2. The minimum Gasteiger partial charge on any atom is -0.392 e. The molecule has 3 nitrogen and oxygen atoms in total. The van der Waals surface area contributed by atoms with E-state index in [1.807, 2.05) is 50.2 Å². The van der Waals surface area contributed by atoms with Crippen LogP contribution in [0.3, 0.4) is 0 Å². The SMILES string of the molecule is CC(C)OC(C(=O)c1ccccc1CO)c1ccccc1. The second-order valence-electron chi connectivity index (χ2n) is 5.16. The number of aliphatic hydroxyl groups excluding tert-OH is 1. The maximum Gasteiger partial charge on any atom is 0.196 e. The van der Waals surface area contributed by atoms with Crippen LogP contribution in [0.5, 0.6) is 0 Å². The van der Waals surface area contributed by atoms with Gasteiger partial charge in [-0.1, -0.05) is 54.6 Å². The average Bonchev–Trinajstić information content (AvgIpc) is 2.52. The van der Waals surface area contributed by atoms with E-state index < -0.39 is 6.10 Å². The maximum absolute atomic E-state index is 12.8. The summed E-state index contributed by atoms with van der Waals surface area (Å²) in [5, 5.41) is 9.41. The minimum atomic E-state index is -0.654. The van der Waals surface area contributed by atoms with E-state index in [0.717, 1.165) is 5.56 Å². The number of hydrogen-bond acceptors (Lipinski definition) is 3. The molecule has 2 aromatic carbocycles. The molecule has 1 atom stereocenters. The molecular formula is C18H20O3. The Hall–Kier alpha value is -1.97. The Kier molecular flexibility index (Phi) is 5.26. The van der Waals surface area contributed by atoms with Gasteiger partial charge in [0.2, 0.25) is 0 Å². The fourth-order valence-corrected chi connectivity index (χ4v) is 2.23. The van der Waals surface area contributed by atoms with E-state index in [9.17, 15) is 9.90 Å². The molecule has 21 heavy (non-hydrogen) atoms. The van der Waals surface area contributed by atoms with Gasteiger partial charge in [0, 0.05) is 5.56 Å². The van der Waals surface area contributed by atoms with Gasteiger partial charge in [-0.25, -0.2) is 0 Å². The van der Waals surface area contributed by atoms with Gasteiger partial charge in [0.1, 0.15) is 6.10 Å².